The van der Waals surface area contributed by atoms with Gasteiger partial charge in [0.25, 0.3) is 10.0 Å². The van der Waals surface area contributed by atoms with Gasteiger partial charge >= 0.3 is 0 Å². The number of imidazole rings is 1. The molecule has 98 valence electrons. The molecule has 0 atom stereocenters. The van der Waals surface area contributed by atoms with Crippen LogP contribution in [0.5, 0.6) is 0 Å². The second kappa shape index (κ2) is 4.87. The first kappa shape index (κ1) is 13.3. The van der Waals surface area contributed by atoms with Crippen LogP contribution in [0.25, 0.3) is 0 Å². The maximum Gasteiger partial charge on any atom is 0.260 e. The van der Waals surface area contributed by atoms with E-state index in [0.29, 0.717) is 16.3 Å². The van der Waals surface area contributed by atoms with Gasteiger partial charge in [0.15, 0.2) is 9.70 Å². The largest absolute Gasteiger partial charge is 0.453 e. The van der Waals surface area contributed by atoms with Crippen LogP contribution >= 0.6 is 15.9 Å². The maximum atomic E-state index is 12.2. The number of furan rings is 1. The lowest BCUT2D eigenvalue weighted by molar-refractivity contribution is 0.397. The van der Waals surface area contributed by atoms with Crippen LogP contribution in [0.3, 0.4) is 0 Å². The third-order valence-corrected chi connectivity index (χ3v) is 4.51. The lowest BCUT2D eigenvalue weighted by Crippen LogP contribution is -2.26. The predicted octanol–water partition coefficient (Wildman–Crippen LogP) is 1.89. The summed E-state index contributed by atoms with van der Waals surface area (Å²) >= 11 is 3.17. The molecule has 6 nitrogen and oxygen atoms in total. The van der Waals surface area contributed by atoms with Crippen molar-refractivity contribution in [3.05, 3.63) is 34.6 Å². The number of aromatic nitrogens is 2. The number of aryl methyl sites for hydroxylation is 1. The molecule has 2 aromatic rings. The molecule has 1 N–H and O–H groups in total. The van der Waals surface area contributed by atoms with Crippen LogP contribution in [0.2, 0.25) is 0 Å². The van der Waals surface area contributed by atoms with Gasteiger partial charge < -0.3 is 9.40 Å². The maximum absolute atomic E-state index is 12.2. The first-order valence-electron chi connectivity index (χ1n) is 5.12. The minimum atomic E-state index is -3.57. The molecular weight excluding hydrogens is 322 g/mol. The summed E-state index contributed by atoms with van der Waals surface area (Å²) < 4.78 is 31.4. The highest BCUT2D eigenvalue weighted by Crippen LogP contribution is 2.18. The molecule has 0 aliphatic carbocycles. The van der Waals surface area contributed by atoms with Crippen molar-refractivity contribution >= 4 is 26.0 Å². The zero-order chi connectivity index (χ0) is 13.3. The van der Waals surface area contributed by atoms with Crippen LogP contribution in [0.15, 0.2) is 32.4 Å². The molecule has 0 aliphatic heterocycles. The molecule has 0 saturated heterocycles. The van der Waals surface area contributed by atoms with Crippen LogP contribution in [0, 0.1) is 6.92 Å². The molecule has 0 bridgehead atoms. The van der Waals surface area contributed by atoms with E-state index in [0.717, 1.165) is 0 Å². The SMILES string of the molecule is Cc1ncc(S(=O)(=O)N(C)Cc2ccc(Br)o2)[nH]1. The van der Waals surface area contributed by atoms with Gasteiger partial charge in [0, 0.05) is 7.05 Å². The van der Waals surface area contributed by atoms with Crippen LogP contribution in [-0.2, 0) is 16.6 Å². The van der Waals surface area contributed by atoms with Crippen LogP contribution in [-0.4, -0.2) is 29.7 Å². The number of rotatable bonds is 4. The number of halogens is 1. The first-order chi connectivity index (χ1) is 8.39. The van der Waals surface area contributed by atoms with Gasteiger partial charge in [-0.2, -0.15) is 4.31 Å². The third-order valence-electron chi connectivity index (χ3n) is 2.38. The van der Waals surface area contributed by atoms with E-state index in [2.05, 4.69) is 25.9 Å². The van der Waals surface area contributed by atoms with Gasteiger partial charge in [-0.25, -0.2) is 13.4 Å². The van der Waals surface area contributed by atoms with E-state index in [1.54, 1.807) is 19.1 Å². The second-order valence-electron chi connectivity index (χ2n) is 3.80. The van der Waals surface area contributed by atoms with Crippen molar-refractivity contribution in [2.45, 2.75) is 18.5 Å². The molecule has 0 aromatic carbocycles. The van der Waals surface area contributed by atoms with Gasteiger partial charge in [-0.05, 0) is 35.0 Å². The van der Waals surface area contributed by atoms with E-state index in [-0.39, 0.29) is 11.6 Å². The van der Waals surface area contributed by atoms with Gasteiger partial charge in [0.1, 0.15) is 11.6 Å². The van der Waals surface area contributed by atoms with Gasteiger partial charge in [-0.1, -0.05) is 0 Å². The lowest BCUT2D eigenvalue weighted by Gasteiger charge is -2.14. The van der Waals surface area contributed by atoms with Gasteiger partial charge in [0.2, 0.25) is 0 Å². The number of nitrogens with one attached hydrogen (secondary N) is 1. The van der Waals surface area contributed by atoms with Crippen molar-refractivity contribution in [3.8, 4) is 0 Å². The Morgan fingerprint density at radius 1 is 1.50 bits per heavy atom. The Bertz CT molecular complexity index is 647. The van der Waals surface area contributed by atoms with Gasteiger partial charge in [-0.3, -0.25) is 0 Å². The second-order valence-corrected chi connectivity index (χ2v) is 6.59. The standard InChI is InChI=1S/C10H12BrN3O3S/c1-7-12-5-10(13-7)18(15,16)14(2)6-8-3-4-9(11)17-8/h3-5H,6H2,1-2H3,(H,12,13). The van der Waals surface area contributed by atoms with Gasteiger partial charge in [-0.15, -0.1) is 0 Å². The zero-order valence-corrected chi connectivity index (χ0v) is 12.2. The van der Waals surface area contributed by atoms with Crippen molar-refractivity contribution in [3.63, 3.8) is 0 Å². The predicted molar refractivity (Wildman–Crippen MR) is 68.4 cm³/mol. The smallest absolute Gasteiger partial charge is 0.260 e. The van der Waals surface area contributed by atoms with Crippen molar-refractivity contribution < 1.29 is 12.8 Å². The number of aromatic amines is 1. The third kappa shape index (κ3) is 2.65. The number of hydrogen-bond acceptors (Lipinski definition) is 4. The van der Waals surface area contributed by atoms with E-state index < -0.39 is 10.0 Å². The summed E-state index contributed by atoms with van der Waals surface area (Å²) in [7, 11) is -2.08. The minimum absolute atomic E-state index is 0.0770. The normalized spacial score (nSPS) is 12.2. The average Bonchev–Trinajstić information content (AvgIpc) is 2.88. The Kier molecular flexibility index (Phi) is 3.60. The molecule has 0 unspecified atom stereocenters. The minimum Gasteiger partial charge on any atom is -0.453 e. The fraction of sp³-hybridized carbons (Fsp3) is 0.300. The summed E-state index contributed by atoms with van der Waals surface area (Å²) in [5, 5.41) is 0.0770. The van der Waals surface area contributed by atoms with E-state index in [1.165, 1.54) is 17.5 Å². The van der Waals surface area contributed by atoms with Crippen LogP contribution in [0.4, 0.5) is 0 Å². The van der Waals surface area contributed by atoms with Crippen molar-refractivity contribution in [2.75, 3.05) is 7.05 Å². The molecule has 0 fully saturated rings. The van der Waals surface area contributed by atoms with Gasteiger partial charge in [0.05, 0.1) is 12.7 Å². The highest BCUT2D eigenvalue weighted by Gasteiger charge is 2.23. The Labute approximate surface area is 113 Å². The molecule has 0 saturated carbocycles. The number of H-pyrrole nitrogens is 1. The summed E-state index contributed by atoms with van der Waals surface area (Å²) in [6.07, 6.45) is 1.30. The van der Waals surface area contributed by atoms with E-state index in [4.69, 9.17) is 4.42 Å². The number of hydrogen-bond donors (Lipinski definition) is 1. The molecule has 0 spiro atoms. The summed E-state index contributed by atoms with van der Waals surface area (Å²) in [5.41, 5.74) is 0. The topological polar surface area (TPSA) is 79.2 Å². The fourth-order valence-electron chi connectivity index (χ4n) is 1.44. The first-order valence-corrected chi connectivity index (χ1v) is 7.35. The average molecular weight is 334 g/mol. The Morgan fingerprint density at radius 2 is 2.22 bits per heavy atom. The van der Waals surface area contributed by atoms with Crippen LogP contribution < -0.4 is 0 Å². The summed E-state index contributed by atoms with van der Waals surface area (Å²) in [6, 6.07) is 3.43. The lowest BCUT2D eigenvalue weighted by atomic mass is 10.4. The van der Waals surface area contributed by atoms with Crippen molar-refractivity contribution in [1.82, 2.24) is 14.3 Å². The highest BCUT2D eigenvalue weighted by atomic mass is 79.9. The summed E-state index contributed by atoms with van der Waals surface area (Å²) in [5.74, 6) is 1.12. The molecule has 18 heavy (non-hydrogen) atoms. The van der Waals surface area contributed by atoms with Crippen molar-refractivity contribution in [1.29, 1.82) is 0 Å². The molecule has 0 amide bonds. The zero-order valence-electron chi connectivity index (χ0n) is 9.84. The van der Waals surface area contributed by atoms with E-state index in [1.807, 2.05) is 0 Å². The highest BCUT2D eigenvalue weighted by molar-refractivity contribution is 9.10. The molecule has 2 rings (SSSR count). The van der Waals surface area contributed by atoms with Crippen LogP contribution in [0.1, 0.15) is 11.6 Å². The van der Waals surface area contributed by atoms with E-state index >= 15 is 0 Å². The molecule has 8 heteroatoms. The molecule has 2 heterocycles. The Morgan fingerprint density at radius 3 is 2.72 bits per heavy atom. The quantitative estimate of drug-likeness (QED) is 0.926. The number of sulfonamides is 1. The molecule has 0 aliphatic rings. The molecular formula is C10H12BrN3O3S. The Balaban J connectivity index is 2.20. The summed E-state index contributed by atoms with van der Waals surface area (Å²) in [4.78, 5) is 6.59. The summed E-state index contributed by atoms with van der Waals surface area (Å²) in [6.45, 7) is 1.86. The fourth-order valence-corrected chi connectivity index (χ4v) is 2.87. The monoisotopic (exact) mass is 333 g/mol. The Hall–Kier alpha value is -1.12. The van der Waals surface area contributed by atoms with Crippen molar-refractivity contribution in [2.24, 2.45) is 0 Å². The molecule has 0 radical (unpaired) electrons. The molecule has 2 aromatic heterocycles. The number of nitrogens with zero attached hydrogens (tertiary/aromatic N) is 2. The van der Waals surface area contributed by atoms with E-state index in [9.17, 15) is 8.42 Å².